The van der Waals surface area contributed by atoms with E-state index in [0.717, 1.165) is 13.1 Å². The van der Waals surface area contributed by atoms with Gasteiger partial charge in [0.25, 0.3) is 0 Å². The van der Waals surface area contributed by atoms with Crippen molar-refractivity contribution in [1.82, 2.24) is 10.6 Å². The van der Waals surface area contributed by atoms with Gasteiger partial charge >= 0.3 is 0 Å². The van der Waals surface area contributed by atoms with Gasteiger partial charge in [-0.3, -0.25) is 4.79 Å². The van der Waals surface area contributed by atoms with Crippen LogP contribution in [0.1, 0.15) is 19.8 Å². The van der Waals surface area contributed by atoms with E-state index in [1.54, 1.807) is 0 Å². The van der Waals surface area contributed by atoms with E-state index in [0.29, 0.717) is 6.54 Å². The summed E-state index contributed by atoms with van der Waals surface area (Å²) in [6.07, 6.45) is 3.67. The van der Waals surface area contributed by atoms with E-state index in [1.165, 1.54) is 18.9 Å². The number of rotatable bonds is 7. The highest BCUT2D eigenvalue weighted by Crippen LogP contribution is 1.80. The smallest absolute Gasteiger partial charge is 0.243 e. The molecule has 3 nitrogen and oxygen atoms in total. The van der Waals surface area contributed by atoms with Gasteiger partial charge in [0.2, 0.25) is 5.91 Å². The first-order valence-corrected chi connectivity index (χ1v) is 4.42. The number of hydrogen-bond acceptors (Lipinski definition) is 2. The van der Waals surface area contributed by atoms with Crippen LogP contribution in [0.15, 0.2) is 12.7 Å². The highest BCUT2D eigenvalue weighted by Gasteiger charge is 1.90. The number of hydrogen-bond donors (Lipinski definition) is 2. The molecule has 0 bridgehead atoms. The fraction of sp³-hybridized carbons (Fsp3) is 0.667. The van der Waals surface area contributed by atoms with Crippen molar-refractivity contribution in [2.75, 3.05) is 19.6 Å². The molecule has 0 aromatic carbocycles. The molecule has 0 atom stereocenters. The summed E-state index contributed by atoms with van der Waals surface area (Å²) in [7, 11) is 0. The van der Waals surface area contributed by atoms with Crippen molar-refractivity contribution in [2.45, 2.75) is 19.8 Å². The third-order valence-electron chi connectivity index (χ3n) is 1.49. The number of unbranched alkanes of at least 4 members (excludes halogenated alkanes) is 1. The maximum Gasteiger partial charge on any atom is 0.243 e. The molecule has 12 heavy (non-hydrogen) atoms. The normalized spacial score (nSPS) is 9.42. The van der Waals surface area contributed by atoms with Gasteiger partial charge in [0.1, 0.15) is 0 Å². The minimum Gasteiger partial charge on any atom is -0.351 e. The van der Waals surface area contributed by atoms with E-state index >= 15 is 0 Å². The van der Waals surface area contributed by atoms with Crippen LogP contribution in [0.5, 0.6) is 0 Å². The summed E-state index contributed by atoms with van der Waals surface area (Å²) in [5, 5.41) is 5.91. The fourth-order valence-corrected chi connectivity index (χ4v) is 0.773. The van der Waals surface area contributed by atoms with E-state index in [4.69, 9.17) is 0 Å². The zero-order chi connectivity index (χ0) is 9.23. The van der Waals surface area contributed by atoms with E-state index in [2.05, 4.69) is 24.1 Å². The van der Waals surface area contributed by atoms with Gasteiger partial charge in [-0.05, 0) is 19.0 Å². The minimum atomic E-state index is -0.104. The SMILES string of the molecule is C=CC(=O)NCCNCCCC. The monoisotopic (exact) mass is 170 g/mol. The lowest BCUT2D eigenvalue weighted by Crippen LogP contribution is -2.30. The van der Waals surface area contributed by atoms with Crippen molar-refractivity contribution in [2.24, 2.45) is 0 Å². The van der Waals surface area contributed by atoms with Crippen molar-refractivity contribution < 1.29 is 4.79 Å². The molecule has 0 radical (unpaired) electrons. The van der Waals surface area contributed by atoms with Crippen molar-refractivity contribution in [1.29, 1.82) is 0 Å². The van der Waals surface area contributed by atoms with Gasteiger partial charge in [-0.25, -0.2) is 0 Å². The lowest BCUT2D eigenvalue weighted by atomic mass is 10.3. The summed E-state index contributed by atoms with van der Waals surface area (Å²) in [4.78, 5) is 10.6. The molecule has 0 unspecified atom stereocenters. The maximum absolute atomic E-state index is 10.6. The molecule has 0 fully saturated rings. The van der Waals surface area contributed by atoms with Crippen molar-refractivity contribution >= 4 is 5.91 Å². The van der Waals surface area contributed by atoms with E-state index in [9.17, 15) is 4.79 Å². The molecule has 0 rings (SSSR count). The largest absolute Gasteiger partial charge is 0.351 e. The molecular weight excluding hydrogens is 152 g/mol. The van der Waals surface area contributed by atoms with Gasteiger partial charge in [-0.15, -0.1) is 0 Å². The molecule has 0 aliphatic heterocycles. The van der Waals surface area contributed by atoms with Crippen LogP contribution in [0, 0.1) is 0 Å². The van der Waals surface area contributed by atoms with Crippen molar-refractivity contribution in [3.05, 3.63) is 12.7 Å². The fourth-order valence-electron chi connectivity index (χ4n) is 0.773. The topological polar surface area (TPSA) is 41.1 Å². The van der Waals surface area contributed by atoms with Crippen LogP contribution in [0.25, 0.3) is 0 Å². The predicted octanol–water partition coefficient (Wildman–Crippen LogP) is 0.678. The van der Waals surface area contributed by atoms with Crippen molar-refractivity contribution in [3.63, 3.8) is 0 Å². The summed E-state index contributed by atoms with van der Waals surface area (Å²) in [5.74, 6) is -0.104. The Kier molecular flexibility index (Phi) is 7.70. The van der Waals surface area contributed by atoms with Gasteiger partial charge in [-0.2, -0.15) is 0 Å². The number of amides is 1. The predicted molar refractivity (Wildman–Crippen MR) is 51.0 cm³/mol. The summed E-state index contributed by atoms with van der Waals surface area (Å²) in [5.41, 5.74) is 0. The number of nitrogens with one attached hydrogen (secondary N) is 2. The zero-order valence-electron chi connectivity index (χ0n) is 7.73. The first-order chi connectivity index (χ1) is 5.81. The number of carbonyl (C=O) groups is 1. The van der Waals surface area contributed by atoms with Gasteiger partial charge in [-0.1, -0.05) is 19.9 Å². The highest BCUT2D eigenvalue weighted by atomic mass is 16.1. The first-order valence-electron chi connectivity index (χ1n) is 4.42. The molecule has 0 spiro atoms. The average molecular weight is 170 g/mol. The summed E-state index contributed by atoms with van der Waals surface area (Å²) in [6, 6.07) is 0. The van der Waals surface area contributed by atoms with Crippen LogP contribution in [0.4, 0.5) is 0 Å². The van der Waals surface area contributed by atoms with E-state index in [1.807, 2.05) is 0 Å². The first kappa shape index (κ1) is 11.2. The Hall–Kier alpha value is -0.830. The molecule has 1 amide bonds. The zero-order valence-corrected chi connectivity index (χ0v) is 7.73. The van der Waals surface area contributed by atoms with Crippen LogP contribution >= 0.6 is 0 Å². The number of carbonyl (C=O) groups excluding carboxylic acids is 1. The van der Waals surface area contributed by atoms with Crippen LogP contribution in [-0.2, 0) is 4.79 Å². The Bertz CT molecular complexity index is 134. The van der Waals surface area contributed by atoms with Gasteiger partial charge in [0.05, 0.1) is 0 Å². The van der Waals surface area contributed by atoms with Crippen LogP contribution < -0.4 is 10.6 Å². The molecule has 0 saturated carbocycles. The summed E-state index contributed by atoms with van der Waals surface area (Å²) >= 11 is 0. The van der Waals surface area contributed by atoms with Crippen molar-refractivity contribution in [3.8, 4) is 0 Å². The second kappa shape index (κ2) is 8.27. The maximum atomic E-state index is 10.6. The second-order valence-electron chi connectivity index (χ2n) is 2.60. The lowest BCUT2D eigenvalue weighted by molar-refractivity contribution is -0.116. The summed E-state index contributed by atoms with van der Waals surface area (Å²) < 4.78 is 0. The molecule has 0 saturated heterocycles. The molecule has 0 aliphatic rings. The molecular formula is C9H18N2O. The molecule has 3 heteroatoms. The molecule has 0 heterocycles. The third kappa shape index (κ3) is 7.28. The Morgan fingerprint density at radius 3 is 2.75 bits per heavy atom. The molecule has 0 aromatic heterocycles. The standard InChI is InChI=1S/C9H18N2O/c1-3-5-6-10-7-8-11-9(12)4-2/h4,10H,2-3,5-8H2,1H3,(H,11,12). The summed E-state index contributed by atoms with van der Waals surface area (Å²) in [6.45, 7) is 8.05. The van der Waals surface area contributed by atoms with E-state index < -0.39 is 0 Å². The van der Waals surface area contributed by atoms with Crippen LogP contribution in [0.2, 0.25) is 0 Å². The minimum absolute atomic E-state index is 0.104. The van der Waals surface area contributed by atoms with Crippen LogP contribution in [-0.4, -0.2) is 25.5 Å². The van der Waals surface area contributed by atoms with Gasteiger partial charge < -0.3 is 10.6 Å². The molecule has 0 aromatic rings. The highest BCUT2D eigenvalue weighted by molar-refractivity contribution is 5.86. The Morgan fingerprint density at radius 2 is 2.17 bits per heavy atom. The van der Waals surface area contributed by atoms with Gasteiger partial charge in [0, 0.05) is 13.1 Å². The lowest BCUT2D eigenvalue weighted by Gasteiger charge is -2.03. The second-order valence-corrected chi connectivity index (χ2v) is 2.60. The molecule has 2 N–H and O–H groups in total. The average Bonchev–Trinajstić information content (AvgIpc) is 2.10. The molecule has 70 valence electrons. The van der Waals surface area contributed by atoms with Gasteiger partial charge in [0.15, 0.2) is 0 Å². The Morgan fingerprint density at radius 1 is 1.42 bits per heavy atom. The third-order valence-corrected chi connectivity index (χ3v) is 1.49. The van der Waals surface area contributed by atoms with E-state index in [-0.39, 0.29) is 5.91 Å². The quantitative estimate of drug-likeness (QED) is 0.436. The van der Waals surface area contributed by atoms with Crippen LogP contribution in [0.3, 0.4) is 0 Å². The Labute approximate surface area is 74.2 Å². The Balaban J connectivity index is 3.00. The molecule has 0 aliphatic carbocycles.